The zero-order valence-electron chi connectivity index (χ0n) is 9.46. The van der Waals surface area contributed by atoms with Gasteiger partial charge in [0.15, 0.2) is 0 Å². The van der Waals surface area contributed by atoms with E-state index in [0.29, 0.717) is 32.5 Å². The van der Waals surface area contributed by atoms with E-state index in [1.54, 1.807) is 15.8 Å². The lowest BCUT2D eigenvalue weighted by molar-refractivity contribution is -0.156. The lowest BCUT2D eigenvalue weighted by Gasteiger charge is -2.46. The molecule has 0 bridgehead atoms. The van der Waals surface area contributed by atoms with Gasteiger partial charge in [-0.25, -0.2) is 0 Å². The van der Waals surface area contributed by atoms with Gasteiger partial charge in [-0.1, -0.05) is 6.92 Å². The molecule has 16 heavy (non-hydrogen) atoms. The van der Waals surface area contributed by atoms with Gasteiger partial charge in [-0.3, -0.25) is 9.48 Å². The maximum atomic E-state index is 11.7. The number of carbonyl (C=O) groups excluding carboxylic acids is 1. The van der Waals surface area contributed by atoms with Crippen molar-refractivity contribution in [2.45, 2.75) is 31.9 Å². The molecule has 0 atom stereocenters. The molecule has 0 unspecified atom stereocenters. The van der Waals surface area contributed by atoms with Crippen molar-refractivity contribution in [2.75, 3.05) is 13.1 Å². The summed E-state index contributed by atoms with van der Waals surface area (Å²) < 4.78 is 1.74. The molecule has 2 rings (SSSR count). The van der Waals surface area contributed by atoms with Crippen molar-refractivity contribution in [3.63, 3.8) is 0 Å². The number of hydrogen-bond acceptors (Lipinski definition) is 3. The minimum absolute atomic E-state index is 0.0913. The number of hydrogen-bond donors (Lipinski definition) is 1. The molecule has 1 aliphatic rings. The van der Waals surface area contributed by atoms with E-state index < -0.39 is 5.60 Å². The van der Waals surface area contributed by atoms with Crippen LogP contribution in [0.2, 0.25) is 0 Å². The van der Waals surface area contributed by atoms with Crippen molar-refractivity contribution in [3.05, 3.63) is 18.5 Å². The van der Waals surface area contributed by atoms with Crippen molar-refractivity contribution in [1.29, 1.82) is 0 Å². The van der Waals surface area contributed by atoms with Crippen LogP contribution in [0.1, 0.15) is 19.8 Å². The second kappa shape index (κ2) is 4.25. The summed E-state index contributed by atoms with van der Waals surface area (Å²) >= 11 is 0. The molecule has 88 valence electrons. The van der Waals surface area contributed by atoms with E-state index in [1.165, 1.54) is 0 Å². The Bertz CT molecular complexity index is 355. The zero-order chi connectivity index (χ0) is 11.6. The average molecular weight is 223 g/mol. The largest absolute Gasteiger partial charge is 0.386 e. The van der Waals surface area contributed by atoms with Gasteiger partial charge in [-0.05, 0) is 12.5 Å². The topological polar surface area (TPSA) is 58.4 Å². The molecule has 5 heteroatoms. The fourth-order valence-electron chi connectivity index (χ4n) is 1.87. The average Bonchev–Trinajstić information content (AvgIpc) is 2.74. The molecule has 0 radical (unpaired) electrons. The molecule has 0 aromatic carbocycles. The summed E-state index contributed by atoms with van der Waals surface area (Å²) in [6.45, 7) is 3.49. The van der Waals surface area contributed by atoms with E-state index in [9.17, 15) is 9.90 Å². The Morgan fingerprint density at radius 2 is 2.31 bits per heavy atom. The van der Waals surface area contributed by atoms with Gasteiger partial charge in [-0.15, -0.1) is 0 Å². The molecule has 1 saturated heterocycles. The number of aliphatic hydroxyl groups is 1. The lowest BCUT2D eigenvalue weighted by Crippen LogP contribution is -2.63. The molecule has 0 aliphatic carbocycles. The molecule has 1 fully saturated rings. The number of likely N-dealkylation sites (tertiary alicyclic amines) is 1. The minimum atomic E-state index is -0.638. The van der Waals surface area contributed by atoms with E-state index in [2.05, 4.69) is 5.10 Å². The number of rotatable bonds is 4. The third-order valence-electron chi connectivity index (χ3n) is 3.10. The van der Waals surface area contributed by atoms with Crippen LogP contribution in [0.4, 0.5) is 0 Å². The Kier molecular flexibility index (Phi) is 2.96. The monoisotopic (exact) mass is 223 g/mol. The van der Waals surface area contributed by atoms with Crippen molar-refractivity contribution >= 4 is 5.91 Å². The molecule has 0 saturated carbocycles. The summed E-state index contributed by atoms with van der Waals surface area (Å²) in [5.41, 5.74) is -0.638. The van der Waals surface area contributed by atoms with Gasteiger partial charge in [0.1, 0.15) is 0 Å². The SMILES string of the molecule is CCC1(O)CN(C(=O)CCn2cccn2)C1. The van der Waals surface area contributed by atoms with E-state index >= 15 is 0 Å². The second-order valence-electron chi connectivity index (χ2n) is 4.35. The van der Waals surface area contributed by atoms with Crippen LogP contribution in [0.5, 0.6) is 0 Å². The van der Waals surface area contributed by atoms with Crippen LogP contribution < -0.4 is 0 Å². The van der Waals surface area contributed by atoms with Crippen molar-refractivity contribution in [1.82, 2.24) is 14.7 Å². The molecule has 2 heterocycles. The Balaban J connectivity index is 1.74. The summed E-state index contributed by atoms with van der Waals surface area (Å²) in [6.07, 6.45) is 4.69. The van der Waals surface area contributed by atoms with Gasteiger partial charge < -0.3 is 10.0 Å². The van der Waals surface area contributed by atoms with E-state index in [0.717, 1.165) is 0 Å². The maximum Gasteiger partial charge on any atom is 0.224 e. The number of β-amino-alcohol motifs (C(OH)–C–C–N with tert-alkyl or cyclic N) is 1. The van der Waals surface area contributed by atoms with E-state index in [1.807, 2.05) is 19.2 Å². The molecule has 1 aromatic heterocycles. The number of aromatic nitrogens is 2. The normalized spacial score (nSPS) is 18.2. The van der Waals surface area contributed by atoms with Crippen LogP contribution in [-0.4, -0.2) is 44.4 Å². The molecule has 1 amide bonds. The highest BCUT2D eigenvalue weighted by molar-refractivity contribution is 5.77. The third kappa shape index (κ3) is 2.24. The van der Waals surface area contributed by atoms with Gasteiger partial charge in [0.25, 0.3) is 0 Å². The highest BCUT2D eigenvalue weighted by atomic mass is 16.3. The van der Waals surface area contributed by atoms with Crippen molar-refractivity contribution in [3.8, 4) is 0 Å². The van der Waals surface area contributed by atoms with Crippen molar-refractivity contribution < 1.29 is 9.90 Å². The highest BCUT2D eigenvalue weighted by Gasteiger charge is 2.41. The van der Waals surface area contributed by atoms with Gasteiger partial charge >= 0.3 is 0 Å². The number of nitrogens with zero attached hydrogens (tertiary/aromatic N) is 3. The Hall–Kier alpha value is -1.36. The molecule has 5 nitrogen and oxygen atoms in total. The predicted molar refractivity (Wildman–Crippen MR) is 58.7 cm³/mol. The third-order valence-corrected chi connectivity index (χ3v) is 3.10. The summed E-state index contributed by atoms with van der Waals surface area (Å²) in [5, 5.41) is 13.8. The fourth-order valence-corrected chi connectivity index (χ4v) is 1.87. The molecule has 0 spiro atoms. The summed E-state index contributed by atoms with van der Waals surface area (Å²) in [5.74, 6) is 0.0913. The van der Waals surface area contributed by atoms with Crippen LogP contribution >= 0.6 is 0 Å². The van der Waals surface area contributed by atoms with Crippen LogP contribution in [0.25, 0.3) is 0 Å². The molecule has 1 aliphatic heterocycles. The van der Waals surface area contributed by atoms with Crippen LogP contribution in [-0.2, 0) is 11.3 Å². The van der Waals surface area contributed by atoms with Gasteiger partial charge in [0.2, 0.25) is 5.91 Å². The highest BCUT2D eigenvalue weighted by Crippen LogP contribution is 2.24. The van der Waals surface area contributed by atoms with Gasteiger partial charge in [0, 0.05) is 25.4 Å². The standard InChI is InChI=1S/C11H17N3O2/c1-2-11(16)8-13(9-11)10(15)4-7-14-6-3-5-12-14/h3,5-6,16H,2,4,7-9H2,1H3. The van der Waals surface area contributed by atoms with Crippen LogP contribution in [0.3, 0.4) is 0 Å². The first kappa shape index (κ1) is 11.1. The number of amides is 1. The fraction of sp³-hybridized carbons (Fsp3) is 0.636. The molecular weight excluding hydrogens is 206 g/mol. The van der Waals surface area contributed by atoms with E-state index in [4.69, 9.17) is 0 Å². The van der Waals surface area contributed by atoms with E-state index in [-0.39, 0.29) is 5.91 Å². The Morgan fingerprint density at radius 1 is 1.56 bits per heavy atom. The van der Waals surface area contributed by atoms with Crippen LogP contribution in [0, 0.1) is 0 Å². The Labute approximate surface area is 94.7 Å². The Morgan fingerprint density at radius 3 is 2.88 bits per heavy atom. The van der Waals surface area contributed by atoms with Crippen LogP contribution in [0.15, 0.2) is 18.5 Å². The molecular formula is C11H17N3O2. The summed E-state index contributed by atoms with van der Waals surface area (Å²) in [4.78, 5) is 13.4. The van der Waals surface area contributed by atoms with Crippen molar-refractivity contribution in [2.24, 2.45) is 0 Å². The summed E-state index contributed by atoms with van der Waals surface area (Å²) in [6, 6.07) is 1.84. The lowest BCUT2D eigenvalue weighted by atomic mass is 9.91. The molecule has 1 N–H and O–H groups in total. The zero-order valence-corrected chi connectivity index (χ0v) is 9.46. The number of carbonyl (C=O) groups is 1. The minimum Gasteiger partial charge on any atom is -0.386 e. The smallest absolute Gasteiger partial charge is 0.224 e. The quantitative estimate of drug-likeness (QED) is 0.796. The van der Waals surface area contributed by atoms with Gasteiger partial charge in [0.05, 0.1) is 18.7 Å². The maximum absolute atomic E-state index is 11.7. The van der Waals surface area contributed by atoms with Gasteiger partial charge in [-0.2, -0.15) is 5.10 Å². The summed E-state index contributed by atoms with van der Waals surface area (Å²) in [7, 11) is 0. The molecule has 1 aromatic rings. The first-order valence-electron chi connectivity index (χ1n) is 5.60. The predicted octanol–water partition coefficient (Wildman–Crippen LogP) is 0.256. The number of aryl methyl sites for hydroxylation is 1. The first-order chi connectivity index (χ1) is 7.63. The first-order valence-corrected chi connectivity index (χ1v) is 5.60. The second-order valence-corrected chi connectivity index (χ2v) is 4.35.